The molecule has 0 unspecified atom stereocenters. The van der Waals surface area contributed by atoms with Gasteiger partial charge in [0.25, 0.3) is 0 Å². The van der Waals surface area contributed by atoms with E-state index in [0.717, 1.165) is 33.4 Å². The predicted octanol–water partition coefficient (Wildman–Crippen LogP) is 5.59. The first-order chi connectivity index (χ1) is 17.8. The second-order valence-electron chi connectivity index (χ2n) is 9.83. The molecule has 0 bridgehead atoms. The summed E-state index contributed by atoms with van der Waals surface area (Å²) in [5.74, 6) is 3.13. The van der Waals surface area contributed by atoms with E-state index in [1.54, 1.807) is 4.90 Å². The molecule has 0 radical (unpaired) electrons. The van der Waals surface area contributed by atoms with Gasteiger partial charge in [-0.2, -0.15) is 30.0 Å². The SMILES string of the molecule is Cc1ccc(C2=NC3=NC(c4ccc(C)cc4C)=NC4=NC(c5ccc(C)cc5C)=NC(=N2)N34)c(C)c1. The molecular formula is C30H27N7. The molecule has 3 aliphatic rings. The summed E-state index contributed by atoms with van der Waals surface area (Å²) in [7, 11) is 0. The number of nitrogens with zero attached hydrogens (tertiary/aromatic N) is 7. The highest BCUT2D eigenvalue weighted by molar-refractivity contribution is 6.34. The summed E-state index contributed by atoms with van der Waals surface area (Å²) in [5.41, 5.74) is 9.70. The van der Waals surface area contributed by atoms with Gasteiger partial charge in [-0.15, -0.1) is 0 Å². The van der Waals surface area contributed by atoms with Gasteiger partial charge in [-0.05, 0) is 58.2 Å². The van der Waals surface area contributed by atoms with Crippen LogP contribution in [0.5, 0.6) is 0 Å². The van der Waals surface area contributed by atoms with Crippen molar-refractivity contribution in [2.24, 2.45) is 30.0 Å². The van der Waals surface area contributed by atoms with Gasteiger partial charge in [0.15, 0.2) is 17.5 Å². The van der Waals surface area contributed by atoms with Crippen LogP contribution in [0, 0.1) is 41.5 Å². The standard InChI is InChI=1S/C30H27N7/c1-16-7-10-22(19(4)13-16)25-31-28-33-26(23-11-8-17(2)14-20(23)5)35-30-36-27(34-29(32-25)37(28)30)24-12-9-18(3)15-21(24)6/h7-15H,1-6H3. The van der Waals surface area contributed by atoms with Gasteiger partial charge in [-0.1, -0.05) is 71.3 Å². The topological polar surface area (TPSA) is 77.4 Å². The van der Waals surface area contributed by atoms with Crippen LogP contribution in [-0.4, -0.2) is 40.3 Å². The van der Waals surface area contributed by atoms with Crippen LogP contribution in [-0.2, 0) is 0 Å². The summed E-state index contributed by atoms with van der Waals surface area (Å²) in [6.07, 6.45) is 0. The zero-order chi connectivity index (χ0) is 25.8. The number of aryl methyl sites for hydroxylation is 6. The summed E-state index contributed by atoms with van der Waals surface area (Å²) >= 11 is 0. The molecular weight excluding hydrogens is 458 g/mol. The fraction of sp³-hybridized carbons (Fsp3) is 0.200. The Morgan fingerprint density at radius 2 is 0.703 bits per heavy atom. The lowest BCUT2D eigenvalue weighted by atomic mass is 10.0. The van der Waals surface area contributed by atoms with E-state index < -0.39 is 0 Å². The highest BCUT2D eigenvalue weighted by Crippen LogP contribution is 2.25. The van der Waals surface area contributed by atoms with Gasteiger partial charge in [0.1, 0.15) is 0 Å². The van der Waals surface area contributed by atoms with Gasteiger partial charge < -0.3 is 0 Å². The van der Waals surface area contributed by atoms with Gasteiger partial charge in [0.05, 0.1) is 0 Å². The lowest BCUT2D eigenvalue weighted by Gasteiger charge is -2.31. The number of aliphatic imine (C=N–C) groups is 6. The molecule has 0 atom stereocenters. The molecule has 3 aromatic carbocycles. The average molecular weight is 486 g/mol. The van der Waals surface area contributed by atoms with Crippen LogP contribution in [0.2, 0.25) is 0 Å². The van der Waals surface area contributed by atoms with Crippen molar-refractivity contribution in [2.45, 2.75) is 41.5 Å². The molecule has 0 aliphatic carbocycles. The van der Waals surface area contributed by atoms with E-state index in [1.165, 1.54) is 16.7 Å². The van der Waals surface area contributed by atoms with Crippen LogP contribution in [0.1, 0.15) is 50.1 Å². The Balaban J connectivity index is 1.57. The van der Waals surface area contributed by atoms with E-state index in [-0.39, 0.29) is 0 Å². The van der Waals surface area contributed by atoms with E-state index in [4.69, 9.17) is 30.0 Å². The van der Waals surface area contributed by atoms with Gasteiger partial charge in [0.2, 0.25) is 17.9 Å². The molecule has 7 heteroatoms. The molecule has 3 heterocycles. The van der Waals surface area contributed by atoms with Crippen LogP contribution >= 0.6 is 0 Å². The van der Waals surface area contributed by atoms with Crippen LogP contribution in [0.25, 0.3) is 0 Å². The summed E-state index contributed by atoms with van der Waals surface area (Å²) in [5, 5.41) is 0. The minimum atomic E-state index is 0.465. The quantitative estimate of drug-likeness (QED) is 0.476. The molecule has 182 valence electrons. The van der Waals surface area contributed by atoms with Crippen LogP contribution < -0.4 is 0 Å². The summed E-state index contributed by atoms with van der Waals surface area (Å²) in [4.78, 5) is 31.0. The number of guanidine groups is 3. The van der Waals surface area contributed by atoms with Crippen molar-refractivity contribution in [1.82, 2.24) is 4.90 Å². The molecule has 3 aromatic rings. The van der Waals surface area contributed by atoms with Gasteiger partial charge in [0, 0.05) is 16.7 Å². The fourth-order valence-corrected chi connectivity index (χ4v) is 4.84. The Morgan fingerprint density at radius 3 is 0.973 bits per heavy atom. The van der Waals surface area contributed by atoms with Crippen LogP contribution in [0.3, 0.4) is 0 Å². The van der Waals surface area contributed by atoms with E-state index in [9.17, 15) is 0 Å². The molecule has 7 nitrogen and oxygen atoms in total. The van der Waals surface area contributed by atoms with Gasteiger partial charge in [-0.3, -0.25) is 0 Å². The molecule has 0 saturated heterocycles. The number of hydrogen-bond donors (Lipinski definition) is 0. The Hall–Kier alpha value is -4.52. The third-order valence-corrected chi connectivity index (χ3v) is 6.70. The monoisotopic (exact) mass is 485 g/mol. The smallest absolute Gasteiger partial charge is 0.213 e. The highest BCUT2D eigenvalue weighted by Gasteiger charge is 2.36. The molecule has 0 spiro atoms. The van der Waals surface area contributed by atoms with Crippen molar-refractivity contribution in [2.75, 3.05) is 0 Å². The van der Waals surface area contributed by atoms with Gasteiger partial charge in [-0.25, -0.2) is 4.90 Å². The van der Waals surface area contributed by atoms with E-state index in [1.807, 2.05) is 0 Å². The zero-order valence-electron chi connectivity index (χ0n) is 21.8. The molecule has 0 amide bonds. The lowest BCUT2D eigenvalue weighted by molar-refractivity contribution is 0.828. The average Bonchev–Trinajstić information content (AvgIpc) is 2.83. The zero-order valence-corrected chi connectivity index (χ0v) is 21.8. The Bertz CT molecular complexity index is 1480. The molecule has 0 aromatic heterocycles. The fourth-order valence-electron chi connectivity index (χ4n) is 4.84. The third kappa shape index (κ3) is 4.02. The second kappa shape index (κ2) is 8.55. The maximum atomic E-state index is 4.87. The van der Waals surface area contributed by atoms with E-state index in [2.05, 4.69) is 96.1 Å². The van der Waals surface area contributed by atoms with Gasteiger partial charge >= 0.3 is 0 Å². The van der Waals surface area contributed by atoms with Crippen LogP contribution in [0.15, 0.2) is 84.6 Å². The third-order valence-electron chi connectivity index (χ3n) is 6.70. The van der Waals surface area contributed by atoms with Crippen molar-refractivity contribution >= 4 is 35.4 Å². The number of hydrogen-bond acceptors (Lipinski definition) is 7. The Labute approximate surface area is 216 Å². The van der Waals surface area contributed by atoms with Crippen LogP contribution in [0.4, 0.5) is 0 Å². The number of amidine groups is 3. The maximum Gasteiger partial charge on any atom is 0.243 e. The van der Waals surface area contributed by atoms with Crippen molar-refractivity contribution < 1.29 is 0 Å². The van der Waals surface area contributed by atoms with E-state index >= 15 is 0 Å². The Morgan fingerprint density at radius 1 is 0.405 bits per heavy atom. The minimum absolute atomic E-state index is 0.465. The normalized spacial score (nSPS) is 16.2. The summed E-state index contributed by atoms with van der Waals surface area (Å²) in [6.45, 7) is 12.4. The second-order valence-corrected chi connectivity index (χ2v) is 9.83. The first-order valence-corrected chi connectivity index (χ1v) is 12.3. The number of benzene rings is 3. The lowest BCUT2D eigenvalue weighted by Crippen LogP contribution is -2.48. The van der Waals surface area contributed by atoms with Crippen molar-refractivity contribution in [3.05, 3.63) is 105 Å². The molecule has 3 aliphatic heterocycles. The molecule has 0 saturated carbocycles. The molecule has 37 heavy (non-hydrogen) atoms. The first kappa shape index (κ1) is 22.9. The molecule has 0 fully saturated rings. The summed E-state index contributed by atoms with van der Waals surface area (Å²) in [6, 6.07) is 18.8. The largest absolute Gasteiger partial charge is 0.243 e. The minimum Gasteiger partial charge on any atom is -0.213 e. The van der Waals surface area contributed by atoms with Crippen molar-refractivity contribution in [3.8, 4) is 0 Å². The first-order valence-electron chi connectivity index (χ1n) is 12.3. The van der Waals surface area contributed by atoms with E-state index in [0.29, 0.717) is 35.4 Å². The predicted molar refractivity (Wildman–Crippen MR) is 152 cm³/mol. The Kier molecular flexibility index (Phi) is 5.30. The molecule has 6 rings (SSSR count). The van der Waals surface area contributed by atoms with Crippen molar-refractivity contribution in [1.29, 1.82) is 0 Å². The maximum absolute atomic E-state index is 4.87. The van der Waals surface area contributed by atoms with Crippen molar-refractivity contribution in [3.63, 3.8) is 0 Å². The summed E-state index contributed by atoms with van der Waals surface area (Å²) < 4.78 is 0. The number of rotatable bonds is 3. The highest BCUT2D eigenvalue weighted by atomic mass is 15.5. The molecule has 0 N–H and O–H groups in total.